The van der Waals surface area contributed by atoms with Crippen molar-refractivity contribution in [3.05, 3.63) is 41.2 Å². The third-order valence-corrected chi connectivity index (χ3v) is 2.70. The van der Waals surface area contributed by atoms with Gasteiger partial charge >= 0.3 is 6.01 Å². The van der Waals surface area contributed by atoms with Crippen molar-refractivity contribution in [3.63, 3.8) is 0 Å². The number of anilines is 1. The van der Waals surface area contributed by atoms with Gasteiger partial charge in [-0.25, -0.2) is 0 Å². The molecule has 1 heterocycles. The fourth-order valence-electron chi connectivity index (χ4n) is 1.73. The maximum absolute atomic E-state index is 5.79. The third kappa shape index (κ3) is 4.06. The van der Waals surface area contributed by atoms with Crippen LogP contribution < -0.4 is 10.1 Å². The van der Waals surface area contributed by atoms with Gasteiger partial charge in [0.2, 0.25) is 11.2 Å². The summed E-state index contributed by atoms with van der Waals surface area (Å²) in [5.41, 5.74) is 1.25. The lowest BCUT2D eigenvalue weighted by Gasteiger charge is -2.14. The van der Waals surface area contributed by atoms with Crippen molar-refractivity contribution < 1.29 is 4.74 Å². The van der Waals surface area contributed by atoms with E-state index in [1.165, 1.54) is 12.7 Å². The van der Waals surface area contributed by atoms with Crippen LogP contribution in [0.25, 0.3) is 0 Å². The van der Waals surface area contributed by atoms with Gasteiger partial charge in [0.1, 0.15) is 0 Å². The molecule has 0 amide bonds. The van der Waals surface area contributed by atoms with E-state index in [9.17, 15) is 0 Å². The van der Waals surface area contributed by atoms with Gasteiger partial charge in [0.15, 0.2) is 0 Å². The average Bonchev–Trinajstić information content (AvgIpc) is 2.38. The molecule has 0 fully saturated rings. The van der Waals surface area contributed by atoms with Gasteiger partial charge in [0, 0.05) is 6.04 Å². The first-order valence-corrected chi connectivity index (χ1v) is 6.31. The summed E-state index contributed by atoms with van der Waals surface area (Å²) in [7, 11) is 1.49. The summed E-state index contributed by atoms with van der Waals surface area (Å²) in [4.78, 5) is 11.9. The van der Waals surface area contributed by atoms with Gasteiger partial charge in [-0.05, 0) is 30.5 Å². The highest BCUT2D eigenvalue weighted by molar-refractivity contribution is 6.28. The molecule has 0 saturated heterocycles. The molecular weight excluding hydrogens is 264 g/mol. The number of methoxy groups -OCH3 is 1. The predicted molar refractivity (Wildman–Crippen MR) is 74.6 cm³/mol. The molecule has 0 saturated carbocycles. The first-order valence-electron chi connectivity index (χ1n) is 5.93. The SMILES string of the molecule is COc1nc(Cl)nc(NC(C)Cc2ccccc2)n1. The molecule has 2 aromatic rings. The van der Waals surface area contributed by atoms with Gasteiger partial charge in [0.25, 0.3) is 0 Å². The van der Waals surface area contributed by atoms with Crippen LogP contribution >= 0.6 is 11.6 Å². The molecule has 1 atom stereocenters. The summed E-state index contributed by atoms with van der Waals surface area (Å²) in [5.74, 6) is 0.417. The summed E-state index contributed by atoms with van der Waals surface area (Å²) in [6.07, 6.45) is 0.868. The van der Waals surface area contributed by atoms with E-state index in [4.69, 9.17) is 16.3 Å². The van der Waals surface area contributed by atoms with Gasteiger partial charge in [-0.1, -0.05) is 30.3 Å². The van der Waals surface area contributed by atoms with Crippen LogP contribution in [0, 0.1) is 0 Å². The quantitative estimate of drug-likeness (QED) is 0.911. The van der Waals surface area contributed by atoms with Crippen LogP contribution in [0.2, 0.25) is 5.28 Å². The van der Waals surface area contributed by atoms with Crippen LogP contribution in [-0.4, -0.2) is 28.1 Å². The van der Waals surface area contributed by atoms with Crippen LogP contribution in [0.15, 0.2) is 30.3 Å². The molecule has 6 heteroatoms. The molecule has 0 bridgehead atoms. The fourth-order valence-corrected chi connectivity index (χ4v) is 1.88. The summed E-state index contributed by atoms with van der Waals surface area (Å²) >= 11 is 5.79. The first kappa shape index (κ1) is 13.5. The minimum Gasteiger partial charge on any atom is -0.467 e. The Morgan fingerprint density at radius 2 is 1.95 bits per heavy atom. The molecule has 0 aliphatic heterocycles. The summed E-state index contributed by atoms with van der Waals surface area (Å²) in [6, 6.07) is 10.6. The van der Waals surface area contributed by atoms with Crippen LogP contribution in [0.4, 0.5) is 5.95 Å². The van der Waals surface area contributed by atoms with E-state index in [0.717, 1.165) is 6.42 Å². The van der Waals surface area contributed by atoms with Gasteiger partial charge in [-0.3, -0.25) is 0 Å². The number of hydrogen-bond acceptors (Lipinski definition) is 5. The topological polar surface area (TPSA) is 59.9 Å². The van der Waals surface area contributed by atoms with E-state index >= 15 is 0 Å². The van der Waals surface area contributed by atoms with Crippen molar-refractivity contribution in [2.24, 2.45) is 0 Å². The van der Waals surface area contributed by atoms with Crippen LogP contribution in [0.5, 0.6) is 6.01 Å². The van der Waals surface area contributed by atoms with Gasteiger partial charge in [0.05, 0.1) is 7.11 Å². The average molecular weight is 279 g/mol. The Morgan fingerprint density at radius 1 is 1.21 bits per heavy atom. The van der Waals surface area contributed by atoms with E-state index in [1.54, 1.807) is 0 Å². The lowest BCUT2D eigenvalue weighted by molar-refractivity contribution is 0.378. The van der Waals surface area contributed by atoms with E-state index < -0.39 is 0 Å². The molecule has 1 N–H and O–H groups in total. The second-order valence-electron chi connectivity index (χ2n) is 4.15. The van der Waals surface area contributed by atoms with E-state index in [1.807, 2.05) is 18.2 Å². The number of halogens is 1. The standard InChI is InChI=1S/C13H15ClN4O/c1-9(8-10-6-4-3-5-7-10)15-12-16-11(14)17-13(18-12)19-2/h3-7,9H,8H2,1-2H3,(H,15,16,17,18). The molecular formula is C13H15ClN4O. The maximum Gasteiger partial charge on any atom is 0.322 e. The Bertz CT molecular complexity index is 535. The monoisotopic (exact) mass is 278 g/mol. The molecule has 1 aromatic heterocycles. The molecule has 1 unspecified atom stereocenters. The highest BCUT2D eigenvalue weighted by Crippen LogP contribution is 2.13. The Balaban J connectivity index is 2.02. The lowest BCUT2D eigenvalue weighted by Crippen LogP contribution is -2.20. The minimum absolute atomic E-state index is 0.112. The molecule has 0 spiro atoms. The number of ether oxygens (including phenoxy) is 1. The number of rotatable bonds is 5. The predicted octanol–water partition coefficient (Wildman–Crippen LogP) is 2.58. The number of nitrogens with zero attached hydrogens (tertiary/aromatic N) is 3. The summed E-state index contributed by atoms with van der Waals surface area (Å²) < 4.78 is 4.95. The number of nitrogens with one attached hydrogen (secondary N) is 1. The zero-order valence-corrected chi connectivity index (χ0v) is 11.6. The van der Waals surface area contributed by atoms with Gasteiger partial charge in [-0.2, -0.15) is 15.0 Å². The number of benzene rings is 1. The van der Waals surface area contributed by atoms with Crippen molar-refractivity contribution in [1.29, 1.82) is 0 Å². The zero-order chi connectivity index (χ0) is 13.7. The molecule has 0 aliphatic carbocycles. The second kappa shape index (κ2) is 6.33. The second-order valence-corrected chi connectivity index (χ2v) is 4.49. The van der Waals surface area contributed by atoms with Crippen molar-refractivity contribution in [3.8, 4) is 6.01 Å². The third-order valence-electron chi connectivity index (χ3n) is 2.53. The van der Waals surface area contributed by atoms with Crippen LogP contribution in [-0.2, 0) is 6.42 Å². The van der Waals surface area contributed by atoms with Crippen molar-refractivity contribution >= 4 is 17.5 Å². The minimum atomic E-state index is 0.112. The smallest absolute Gasteiger partial charge is 0.322 e. The first-order chi connectivity index (χ1) is 9.17. The van der Waals surface area contributed by atoms with Crippen LogP contribution in [0.3, 0.4) is 0 Å². The molecule has 2 rings (SSSR count). The Morgan fingerprint density at radius 3 is 2.63 bits per heavy atom. The van der Waals surface area contributed by atoms with E-state index in [-0.39, 0.29) is 17.3 Å². The number of hydrogen-bond donors (Lipinski definition) is 1. The van der Waals surface area contributed by atoms with Crippen molar-refractivity contribution in [2.75, 3.05) is 12.4 Å². The van der Waals surface area contributed by atoms with Crippen LogP contribution in [0.1, 0.15) is 12.5 Å². The van der Waals surface area contributed by atoms with E-state index in [0.29, 0.717) is 5.95 Å². The molecule has 100 valence electrons. The van der Waals surface area contributed by atoms with Gasteiger partial charge in [-0.15, -0.1) is 0 Å². The lowest BCUT2D eigenvalue weighted by atomic mass is 10.1. The normalized spacial score (nSPS) is 11.9. The molecule has 19 heavy (non-hydrogen) atoms. The van der Waals surface area contributed by atoms with Crippen molar-refractivity contribution in [1.82, 2.24) is 15.0 Å². The molecule has 1 aromatic carbocycles. The summed E-state index contributed by atoms with van der Waals surface area (Å²) in [5, 5.41) is 3.29. The molecule has 0 aliphatic rings. The van der Waals surface area contributed by atoms with E-state index in [2.05, 4.69) is 39.3 Å². The largest absolute Gasteiger partial charge is 0.467 e. The number of aromatic nitrogens is 3. The zero-order valence-electron chi connectivity index (χ0n) is 10.8. The molecule has 5 nitrogen and oxygen atoms in total. The summed E-state index contributed by atoms with van der Waals surface area (Å²) in [6.45, 7) is 2.05. The molecule has 0 radical (unpaired) electrons. The van der Waals surface area contributed by atoms with Crippen molar-refractivity contribution in [2.45, 2.75) is 19.4 Å². The highest BCUT2D eigenvalue weighted by atomic mass is 35.5. The van der Waals surface area contributed by atoms with Gasteiger partial charge < -0.3 is 10.1 Å². The highest BCUT2D eigenvalue weighted by Gasteiger charge is 2.09. The fraction of sp³-hybridized carbons (Fsp3) is 0.308. The Kier molecular flexibility index (Phi) is 4.52. The Labute approximate surface area is 117 Å². The maximum atomic E-state index is 5.79. The Hall–Kier alpha value is -1.88.